The maximum Gasteiger partial charge on any atom is 0.264 e. The first-order valence-electron chi connectivity index (χ1n) is 9.58. The number of anilines is 1. The average molecular weight is 395 g/mol. The first-order valence-corrected chi connectivity index (χ1v) is 10.4. The zero-order valence-electron chi connectivity index (χ0n) is 15.7. The molecule has 28 heavy (non-hydrogen) atoms. The molecule has 0 bridgehead atoms. The Morgan fingerprint density at radius 3 is 2.68 bits per heavy atom. The Labute approximate surface area is 167 Å². The van der Waals surface area contributed by atoms with Crippen LogP contribution in [0.15, 0.2) is 34.9 Å². The molecule has 0 N–H and O–H groups in total. The molecular weight excluding hydrogens is 374 g/mol. The maximum atomic E-state index is 12.7. The molecule has 3 aromatic rings. The van der Waals surface area contributed by atoms with Crippen LogP contribution in [0, 0.1) is 6.92 Å². The van der Waals surface area contributed by atoms with Gasteiger partial charge in [0, 0.05) is 43.2 Å². The summed E-state index contributed by atoms with van der Waals surface area (Å²) in [7, 11) is 0. The van der Waals surface area contributed by atoms with Crippen molar-refractivity contribution in [2.75, 3.05) is 31.1 Å². The van der Waals surface area contributed by atoms with E-state index in [2.05, 4.69) is 20.1 Å². The molecule has 0 radical (unpaired) electrons. The number of aryl methyl sites for hydroxylation is 1. The molecule has 3 aromatic heterocycles. The summed E-state index contributed by atoms with van der Waals surface area (Å²) in [5.41, 5.74) is 0.857. The summed E-state index contributed by atoms with van der Waals surface area (Å²) in [6, 6.07) is 7.77. The van der Waals surface area contributed by atoms with Crippen LogP contribution >= 0.6 is 11.3 Å². The monoisotopic (exact) mass is 395 g/mol. The van der Waals surface area contributed by atoms with Crippen LogP contribution in [0.4, 0.5) is 5.82 Å². The number of pyridine rings is 1. The van der Waals surface area contributed by atoms with E-state index in [1.54, 1.807) is 17.5 Å². The van der Waals surface area contributed by atoms with E-state index in [9.17, 15) is 4.79 Å². The lowest BCUT2D eigenvalue weighted by atomic mass is 10.2. The highest BCUT2D eigenvalue weighted by atomic mass is 32.1. The smallest absolute Gasteiger partial charge is 0.264 e. The molecule has 0 atom stereocenters. The summed E-state index contributed by atoms with van der Waals surface area (Å²) in [4.78, 5) is 23.3. The molecule has 0 spiro atoms. The lowest BCUT2D eigenvalue weighted by molar-refractivity contribution is 0.0751. The second-order valence-corrected chi connectivity index (χ2v) is 8.57. The van der Waals surface area contributed by atoms with E-state index >= 15 is 0 Å². The molecule has 144 valence electrons. The van der Waals surface area contributed by atoms with Crippen LogP contribution in [0.3, 0.4) is 0 Å². The van der Waals surface area contributed by atoms with Gasteiger partial charge in [0.1, 0.15) is 5.82 Å². The third kappa shape index (κ3) is 3.28. The van der Waals surface area contributed by atoms with Crippen LogP contribution in [-0.4, -0.2) is 52.2 Å². The molecule has 7 nitrogen and oxygen atoms in total. The Hall–Kier alpha value is -2.74. The lowest BCUT2D eigenvalue weighted by Gasteiger charge is -2.35. The number of thiophene rings is 1. The van der Waals surface area contributed by atoms with Gasteiger partial charge < -0.3 is 14.2 Å². The molecule has 1 saturated heterocycles. The van der Waals surface area contributed by atoms with Crippen LogP contribution in [0.5, 0.6) is 0 Å². The van der Waals surface area contributed by atoms with Crippen molar-refractivity contribution in [1.82, 2.24) is 20.1 Å². The standard InChI is InChI=1S/C20H21N5O2S/c1-13-4-7-16(28-13)20(26)25-11-9-24(10-12-25)17-15(3-2-8-21-17)19-23-22-18(27-19)14-5-6-14/h2-4,7-8,14H,5-6,9-12H2,1H3. The largest absolute Gasteiger partial charge is 0.420 e. The fraction of sp³-hybridized carbons (Fsp3) is 0.400. The molecule has 1 aliphatic heterocycles. The second-order valence-electron chi connectivity index (χ2n) is 7.28. The number of hydrogen-bond donors (Lipinski definition) is 0. The third-order valence-corrected chi connectivity index (χ3v) is 6.19. The van der Waals surface area contributed by atoms with Crippen molar-refractivity contribution in [3.8, 4) is 11.5 Å². The molecule has 1 saturated carbocycles. The van der Waals surface area contributed by atoms with Gasteiger partial charge in [0.15, 0.2) is 0 Å². The predicted molar refractivity (Wildman–Crippen MR) is 107 cm³/mol. The quantitative estimate of drug-likeness (QED) is 0.674. The zero-order valence-corrected chi connectivity index (χ0v) is 16.5. The number of rotatable bonds is 4. The van der Waals surface area contributed by atoms with E-state index in [0.717, 1.165) is 53.0 Å². The summed E-state index contributed by atoms with van der Waals surface area (Å²) < 4.78 is 5.89. The Bertz CT molecular complexity index is 1000. The molecule has 0 unspecified atom stereocenters. The minimum atomic E-state index is 0.116. The molecule has 8 heteroatoms. The zero-order chi connectivity index (χ0) is 19.1. The van der Waals surface area contributed by atoms with Crippen molar-refractivity contribution in [2.45, 2.75) is 25.7 Å². The normalized spacial score (nSPS) is 17.2. The van der Waals surface area contributed by atoms with E-state index in [1.807, 2.05) is 36.1 Å². The molecule has 2 aliphatic rings. The number of nitrogens with zero attached hydrogens (tertiary/aromatic N) is 5. The van der Waals surface area contributed by atoms with Crippen molar-refractivity contribution >= 4 is 23.1 Å². The van der Waals surface area contributed by atoms with E-state index in [4.69, 9.17) is 4.42 Å². The minimum absolute atomic E-state index is 0.116. The molecule has 1 amide bonds. The van der Waals surface area contributed by atoms with Crippen molar-refractivity contribution in [2.24, 2.45) is 0 Å². The highest BCUT2D eigenvalue weighted by Crippen LogP contribution is 2.40. The van der Waals surface area contributed by atoms with Crippen LogP contribution < -0.4 is 4.90 Å². The first kappa shape index (κ1) is 17.4. The van der Waals surface area contributed by atoms with Gasteiger partial charge in [0.05, 0.1) is 10.4 Å². The van der Waals surface area contributed by atoms with Crippen molar-refractivity contribution in [1.29, 1.82) is 0 Å². The minimum Gasteiger partial charge on any atom is -0.420 e. The van der Waals surface area contributed by atoms with Gasteiger partial charge in [-0.15, -0.1) is 21.5 Å². The van der Waals surface area contributed by atoms with E-state index in [1.165, 1.54) is 0 Å². The van der Waals surface area contributed by atoms with Crippen molar-refractivity contribution in [3.63, 3.8) is 0 Å². The summed E-state index contributed by atoms with van der Waals surface area (Å²) in [5.74, 6) is 2.64. The van der Waals surface area contributed by atoms with Gasteiger partial charge in [-0.3, -0.25) is 4.79 Å². The SMILES string of the molecule is Cc1ccc(C(=O)N2CCN(c3ncccc3-c3nnc(C4CC4)o3)CC2)s1. The Kier molecular flexibility index (Phi) is 4.35. The molecule has 4 heterocycles. The molecule has 0 aromatic carbocycles. The predicted octanol–water partition coefficient (Wildman–Crippen LogP) is 3.34. The van der Waals surface area contributed by atoms with E-state index in [-0.39, 0.29) is 5.91 Å². The third-order valence-electron chi connectivity index (χ3n) is 5.20. The van der Waals surface area contributed by atoms with Gasteiger partial charge in [0.2, 0.25) is 5.89 Å². The summed E-state index contributed by atoms with van der Waals surface area (Å²) in [5, 5.41) is 8.44. The van der Waals surface area contributed by atoms with Crippen molar-refractivity contribution < 1.29 is 9.21 Å². The summed E-state index contributed by atoms with van der Waals surface area (Å²) in [6.45, 7) is 4.81. The Balaban J connectivity index is 1.32. The highest BCUT2D eigenvalue weighted by Gasteiger charge is 2.31. The Morgan fingerprint density at radius 1 is 1.14 bits per heavy atom. The van der Waals surface area contributed by atoms with E-state index in [0.29, 0.717) is 24.9 Å². The summed E-state index contributed by atoms with van der Waals surface area (Å²) >= 11 is 1.55. The molecule has 5 rings (SSSR count). The average Bonchev–Trinajstić information content (AvgIpc) is 3.30. The number of aromatic nitrogens is 3. The van der Waals surface area contributed by atoms with Gasteiger partial charge in [-0.25, -0.2) is 4.98 Å². The molecule has 2 fully saturated rings. The van der Waals surface area contributed by atoms with Gasteiger partial charge >= 0.3 is 0 Å². The molecular formula is C20H21N5O2S. The fourth-order valence-electron chi connectivity index (χ4n) is 3.48. The maximum absolute atomic E-state index is 12.7. The van der Waals surface area contributed by atoms with Gasteiger partial charge in [0.25, 0.3) is 11.8 Å². The van der Waals surface area contributed by atoms with Gasteiger partial charge in [-0.1, -0.05) is 0 Å². The Morgan fingerprint density at radius 2 is 1.96 bits per heavy atom. The number of hydrogen-bond acceptors (Lipinski definition) is 7. The highest BCUT2D eigenvalue weighted by molar-refractivity contribution is 7.13. The van der Waals surface area contributed by atoms with Crippen LogP contribution in [0.1, 0.15) is 39.2 Å². The van der Waals surface area contributed by atoms with Crippen LogP contribution in [0.2, 0.25) is 0 Å². The van der Waals surface area contributed by atoms with Gasteiger partial charge in [-0.05, 0) is 44.0 Å². The number of carbonyl (C=O) groups excluding carboxylic acids is 1. The fourth-order valence-corrected chi connectivity index (χ4v) is 4.32. The van der Waals surface area contributed by atoms with Crippen molar-refractivity contribution in [3.05, 3.63) is 46.1 Å². The first-order chi connectivity index (χ1) is 13.7. The van der Waals surface area contributed by atoms with E-state index < -0.39 is 0 Å². The number of piperazine rings is 1. The second kappa shape index (κ2) is 7.01. The van der Waals surface area contributed by atoms with Crippen LogP contribution in [-0.2, 0) is 0 Å². The topological polar surface area (TPSA) is 75.4 Å². The number of amides is 1. The molecule has 1 aliphatic carbocycles. The summed E-state index contributed by atoms with van der Waals surface area (Å²) in [6.07, 6.45) is 4.03. The van der Waals surface area contributed by atoms with Crippen LogP contribution in [0.25, 0.3) is 11.5 Å². The number of carbonyl (C=O) groups is 1. The lowest BCUT2D eigenvalue weighted by Crippen LogP contribution is -2.49. The van der Waals surface area contributed by atoms with Gasteiger partial charge in [-0.2, -0.15) is 0 Å².